The number of nitrogens with one attached hydrogen (secondary N) is 3. The number of carbonyl (C=O) groups is 6. The third-order valence-electron chi connectivity index (χ3n) is 9.33. The Labute approximate surface area is 325 Å². The van der Waals surface area contributed by atoms with Gasteiger partial charge in [-0.25, -0.2) is 8.78 Å². The van der Waals surface area contributed by atoms with Crippen molar-refractivity contribution in [1.29, 1.82) is 0 Å². The summed E-state index contributed by atoms with van der Waals surface area (Å²) in [6.45, 7) is 9.83. The summed E-state index contributed by atoms with van der Waals surface area (Å²) in [6.07, 6.45) is 4.07. The number of nitrogens with zero attached hydrogens (tertiary/aromatic N) is 3. The van der Waals surface area contributed by atoms with Crippen LogP contribution in [0.1, 0.15) is 65.3 Å². The first-order chi connectivity index (χ1) is 26.4. The van der Waals surface area contributed by atoms with Gasteiger partial charge in [-0.1, -0.05) is 65.0 Å². The van der Waals surface area contributed by atoms with E-state index in [0.717, 1.165) is 40.8 Å². The zero-order chi connectivity index (χ0) is 41.3. The van der Waals surface area contributed by atoms with E-state index in [1.807, 2.05) is 55.7 Å². The molecule has 6 amide bonds. The van der Waals surface area contributed by atoms with Crippen molar-refractivity contribution in [2.45, 2.75) is 72.6 Å². The van der Waals surface area contributed by atoms with Crippen LogP contribution >= 0.6 is 0 Å². The molecule has 1 aliphatic rings. The molecule has 56 heavy (non-hydrogen) atoms. The predicted molar refractivity (Wildman–Crippen MR) is 204 cm³/mol. The predicted octanol–water partition coefficient (Wildman–Crippen LogP) is 3.47. The molecule has 15 heteroatoms. The maximum atomic E-state index is 15.0. The Morgan fingerprint density at radius 2 is 1.55 bits per heavy atom. The van der Waals surface area contributed by atoms with E-state index in [4.69, 9.17) is 0 Å². The van der Waals surface area contributed by atoms with Crippen LogP contribution in [0.25, 0.3) is 11.1 Å². The number of carbonyl (C=O) groups excluding carboxylic acids is 6. The number of imide groups is 1. The number of hydrogen-bond acceptors (Lipinski definition) is 7. The third kappa shape index (κ3) is 11.0. The monoisotopic (exact) mass is 776 g/mol. The number of aromatic nitrogens is 1. The highest BCUT2D eigenvalue weighted by Crippen LogP contribution is 2.41. The lowest BCUT2D eigenvalue weighted by Gasteiger charge is -2.41. The highest BCUT2D eigenvalue weighted by Gasteiger charge is 2.37. The standard InChI is InChI=1S/C41H50F2N6O7/c1-25(2)37(46-33(51)23-49-34(52)15-16-35(49)53)40(56)45-26(3)39(55)44-17-10-18-48(36(54)24-50)38(41(4,5)6)32-19-28(30-20-29(42)13-14-31(30)43)22-47(32)21-27-11-8-7-9-12-27/h7-9,11-16,19-20,22,25-26,37-38,50H,10,17-18,21,23-24H2,1-6H3,(H,44,55)(H,45,56)(H,46,51)/t26-,37?,38-/m0/s1. The summed E-state index contributed by atoms with van der Waals surface area (Å²) in [6, 6.07) is 11.7. The number of hydrogen-bond donors (Lipinski definition) is 4. The molecule has 0 bridgehead atoms. The van der Waals surface area contributed by atoms with E-state index in [-0.39, 0.29) is 25.1 Å². The van der Waals surface area contributed by atoms with E-state index < -0.39 is 89.7 Å². The molecule has 0 saturated carbocycles. The Hall–Kier alpha value is -5.70. The third-order valence-corrected chi connectivity index (χ3v) is 9.33. The van der Waals surface area contributed by atoms with Gasteiger partial charge in [-0.2, -0.15) is 0 Å². The summed E-state index contributed by atoms with van der Waals surface area (Å²) in [5, 5.41) is 18.0. The van der Waals surface area contributed by atoms with Crippen LogP contribution < -0.4 is 16.0 Å². The zero-order valence-electron chi connectivity index (χ0n) is 32.5. The van der Waals surface area contributed by atoms with Crippen molar-refractivity contribution in [3.63, 3.8) is 0 Å². The van der Waals surface area contributed by atoms with E-state index in [2.05, 4.69) is 16.0 Å². The highest BCUT2D eigenvalue weighted by molar-refractivity contribution is 6.14. The van der Waals surface area contributed by atoms with Crippen LogP contribution in [0.2, 0.25) is 0 Å². The van der Waals surface area contributed by atoms with Crippen LogP contribution in [-0.4, -0.2) is 93.2 Å². The van der Waals surface area contributed by atoms with Crippen LogP contribution in [0.3, 0.4) is 0 Å². The van der Waals surface area contributed by atoms with Gasteiger partial charge in [0.15, 0.2) is 0 Å². The summed E-state index contributed by atoms with van der Waals surface area (Å²) < 4.78 is 31.2. The number of benzene rings is 2. The fraction of sp³-hybridized carbons (Fsp3) is 0.415. The molecule has 300 valence electrons. The summed E-state index contributed by atoms with van der Waals surface area (Å²) in [5.41, 5.74) is 1.40. The quantitative estimate of drug-likeness (QED) is 0.120. The molecule has 0 fully saturated rings. The van der Waals surface area contributed by atoms with Crippen molar-refractivity contribution in [1.82, 2.24) is 30.3 Å². The number of aliphatic hydroxyl groups is 1. The molecule has 2 heterocycles. The van der Waals surface area contributed by atoms with Gasteiger partial charge >= 0.3 is 0 Å². The van der Waals surface area contributed by atoms with Crippen LogP contribution in [0.4, 0.5) is 8.78 Å². The highest BCUT2D eigenvalue weighted by atomic mass is 19.1. The molecule has 3 atom stereocenters. The van der Waals surface area contributed by atoms with Crippen LogP contribution in [0, 0.1) is 23.0 Å². The van der Waals surface area contributed by atoms with Crippen molar-refractivity contribution in [3.8, 4) is 11.1 Å². The van der Waals surface area contributed by atoms with Gasteiger partial charge in [0.05, 0.1) is 6.04 Å². The molecule has 0 spiro atoms. The second-order valence-corrected chi connectivity index (χ2v) is 15.2. The molecule has 0 saturated heterocycles. The first-order valence-electron chi connectivity index (χ1n) is 18.4. The largest absolute Gasteiger partial charge is 0.387 e. The SMILES string of the molecule is CC(C)C(NC(=O)CN1C(=O)C=CC1=O)C(=O)N[C@@H](C)C(=O)NCCCN(C(=O)CO)[C@@H](c1cc(-c2cc(F)ccc2F)cn1Cc1ccccc1)C(C)(C)C. The van der Waals surface area contributed by atoms with Gasteiger partial charge in [0.2, 0.25) is 23.6 Å². The Kier molecular flexibility index (Phi) is 14.4. The van der Waals surface area contributed by atoms with Crippen molar-refractivity contribution in [2.24, 2.45) is 11.3 Å². The molecule has 4 N–H and O–H groups in total. The first kappa shape index (κ1) is 43.0. The van der Waals surface area contributed by atoms with E-state index in [1.165, 1.54) is 11.8 Å². The summed E-state index contributed by atoms with van der Waals surface area (Å²) in [7, 11) is 0. The summed E-state index contributed by atoms with van der Waals surface area (Å²) in [4.78, 5) is 78.2. The lowest BCUT2D eigenvalue weighted by Crippen LogP contribution is -2.56. The molecule has 13 nitrogen and oxygen atoms in total. The minimum atomic E-state index is -1.07. The van der Waals surface area contributed by atoms with Crippen molar-refractivity contribution in [2.75, 3.05) is 26.2 Å². The molecule has 1 aliphatic heterocycles. The zero-order valence-corrected chi connectivity index (χ0v) is 32.5. The topological polar surface area (TPSA) is 170 Å². The van der Waals surface area contributed by atoms with E-state index >= 15 is 4.39 Å². The average Bonchev–Trinajstić information content (AvgIpc) is 3.69. The Morgan fingerprint density at radius 1 is 0.893 bits per heavy atom. The van der Waals surface area contributed by atoms with Gasteiger partial charge in [-0.05, 0) is 54.5 Å². The minimum absolute atomic E-state index is 0.0596. The maximum absolute atomic E-state index is 15.0. The van der Waals surface area contributed by atoms with Gasteiger partial charge in [-0.3, -0.25) is 33.7 Å². The van der Waals surface area contributed by atoms with Crippen molar-refractivity contribution in [3.05, 3.63) is 95.8 Å². The molecule has 2 aromatic carbocycles. The molecular weight excluding hydrogens is 726 g/mol. The summed E-state index contributed by atoms with van der Waals surface area (Å²) >= 11 is 0. The fourth-order valence-corrected chi connectivity index (χ4v) is 6.57. The number of halogens is 2. The van der Waals surface area contributed by atoms with Gasteiger partial charge in [0.1, 0.15) is 36.9 Å². The lowest BCUT2D eigenvalue weighted by molar-refractivity contribution is -0.142. The van der Waals surface area contributed by atoms with E-state index in [9.17, 15) is 38.3 Å². The van der Waals surface area contributed by atoms with Crippen LogP contribution in [-0.2, 0) is 35.3 Å². The van der Waals surface area contributed by atoms with Crippen molar-refractivity contribution < 1.29 is 42.7 Å². The molecule has 1 unspecified atom stereocenters. The van der Waals surface area contributed by atoms with Gasteiger partial charge in [0.25, 0.3) is 11.8 Å². The molecule has 3 aromatic rings. The lowest BCUT2D eigenvalue weighted by atomic mass is 9.83. The maximum Gasteiger partial charge on any atom is 0.254 e. The van der Waals surface area contributed by atoms with E-state index in [1.54, 1.807) is 26.1 Å². The molecule has 0 aliphatic carbocycles. The smallest absolute Gasteiger partial charge is 0.254 e. The fourth-order valence-electron chi connectivity index (χ4n) is 6.57. The molecule has 4 rings (SSSR count). The number of amides is 6. The molecule has 0 radical (unpaired) electrons. The van der Waals surface area contributed by atoms with Crippen molar-refractivity contribution >= 4 is 35.4 Å². The normalized spacial score (nSPS) is 14.4. The van der Waals surface area contributed by atoms with Gasteiger partial charge in [0, 0.05) is 54.8 Å². The van der Waals surface area contributed by atoms with E-state index in [0.29, 0.717) is 17.8 Å². The minimum Gasteiger partial charge on any atom is -0.387 e. The average molecular weight is 777 g/mol. The second kappa shape index (κ2) is 18.8. The van der Waals surface area contributed by atoms with Crippen LogP contribution in [0.5, 0.6) is 0 Å². The van der Waals surface area contributed by atoms with Gasteiger partial charge < -0.3 is 30.5 Å². The van der Waals surface area contributed by atoms with Gasteiger partial charge in [-0.15, -0.1) is 0 Å². The Balaban J connectivity index is 1.47. The Bertz CT molecular complexity index is 1940. The first-order valence-corrected chi connectivity index (χ1v) is 18.4. The number of rotatable bonds is 17. The summed E-state index contributed by atoms with van der Waals surface area (Å²) in [5.74, 6) is -5.35. The van der Waals surface area contributed by atoms with Crippen LogP contribution in [0.15, 0.2) is 72.9 Å². The molecule has 1 aromatic heterocycles. The molecular formula is C41H50F2N6O7. The second-order valence-electron chi connectivity index (χ2n) is 15.2. The number of aliphatic hydroxyl groups excluding tert-OH is 1. The Morgan fingerprint density at radius 3 is 2.16 bits per heavy atom.